The van der Waals surface area contributed by atoms with Crippen LogP contribution in [-0.2, 0) is 5.41 Å². The van der Waals surface area contributed by atoms with Crippen LogP contribution in [0.3, 0.4) is 0 Å². The largest absolute Gasteiger partial charge is 0.0714 e. The molecule has 0 aliphatic heterocycles. The van der Waals surface area contributed by atoms with Crippen LogP contribution < -0.4 is 0 Å². The zero-order valence-electron chi connectivity index (χ0n) is 50.3. The smallest absolute Gasteiger partial charge is 0.0622 e. The minimum atomic E-state index is -0.794. The summed E-state index contributed by atoms with van der Waals surface area (Å²) in [5.41, 5.74) is 32.6. The maximum atomic E-state index is 2.51. The van der Waals surface area contributed by atoms with E-state index in [4.69, 9.17) is 0 Å². The third-order valence-electron chi connectivity index (χ3n) is 18.5. The van der Waals surface area contributed by atoms with Crippen molar-refractivity contribution in [1.29, 1.82) is 0 Å². The number of hydrogen-bond acceptors (Lipinski definition) is 0. The van der Waals surface area contributed by atoms with Crippen molar-refractivity contribution >= 4 is 0 Å². The Morgan fingerprint density at radius 3 is 0.824 bits per heavy atom. The lowest BCUT2D eigenvalue weighted by Gasteiger charge is -2.35. The lowest BCUT2D eigenvalue weighted by Crippen LogP contribution is -2.28. The molecule has 0 saturated heterocycles. The first kappa shape index (κ1) is 54.7. The van der Waals surface area contributed by atoms with Gasteiger partial charge in [-0.2, -0.15) is 0 Å². The van der Waals surface area contributed by atoms with Gasteiger partial charge in [-0.3, -0.25) is 0 Å². The van der Waals surface area contributed by atoms with E-state index in [1.165, 1.54) is 122 Å². The van der Waals surface area contributed by atoms with Crippen LogP contribution in [0.4, 0.5) is 0 Å². The Hall–Kier alpha value is -11.7. The lowest BCUT2D eigenvalue weighted by molar-refractivity contribution is 0.769. The van der Waals surface area contributed by atoms with Crippen LogP contribution in [0.5, 0.6) is 0 Å². The van der Waals surface area contributed by atoms with Crippen LogP contribution >= 0.6 is 0 Å². The molecule has 0 aromatic heterocycles. The van der Waals surface area contributed by atoms with Gasteiger partial charge >= 0.3 is 0 Å². The Morgan fingerprint density at radius 2 is 0.407 bits per heavy atom. The molecule has 15 aromatic carbocycles. The predicted molar refractivity (Wildman–Crippen MR) is 384 cm³/mol. The Balaban J connectivity index is 0.912. The summed E-state index contributed by atoms with van der Waals surface area (Å²) >= 11 is 0. The maximum absolute atomic E-state index is 2.51. The SMILES string of the molecule is c1ccc(-c2cc(-c3ccccc3)cc(-c3cccc(-c4cccc(C5(c6cccc(-c7cccc(-c8cc(-c9ccccc9)cc(-c9ccccc9)c8)c7)c6)c6cc(-c7ccccc7)ccc6-c6c(-c7ccccc7-c7ccccc7)cccc65)c4)c3)c2)cc1. The first-order chi connectivity index (χ1) is 45.1. The first-order valence-corrected chi connectivity index (χ1v) is 31.5. The fraction of sp³-hybridized carbons (Fsp3) is 0.0110. The van der Waals surface area contributed by atoms with Gasteiger partial charge in [-0.25, -0.2) is 0 Å². The van der Waals surface area contributed by atoms with E-state index >= 15 is 0 Å². The summed E-state index contributed by atoms with van der Waals surface area (Å²) in [6.45, 7) is 0. The van der Waals surface area contributed by atoms with Crippen molar-refractivity contribution in [1.82, 2.24) is 0 Å². The molecular formula is C91H62. The average Bonchev–Trinajstić information content (AvgIpc) is 1.54. The maximum Gasteiger partial charge on any atom is 0.0714 e. The summed E-state index contributed by atoms with van der Waals surface area (Å²) in [5, 5.41) is 0. The van der Waals surface area contributed by atoms with Crippen molar-refractivity contribution in [2.75, 3.05) is 0 Å². The van der Waals surface area contributed by atoms with Gasteiger partial charge in [-0.05, 0) is 223 Å². The van der Waals surface area contributed by atoms with Gasteiger partial charge in [0, 0.05) is 0 Å². The van der Waals surface area contributed by atoms with Crippen molar-refractivity contribution in [2.24, 2.45) is 0 Å². The molecule has 0 saturated carbocycles. The molecule has 0 unspecified atom stereocenters. The molecule has 0 atom stereocenters. The highest BCUT2D eigenvalue weighted by atomic mass is 14.5. The molecule has 0 N–H and O–H groups in total. The van der Waals surface area contributed by atoms with Crippen LogP contribution in [0.2, 0.25) is 0 Å². The van der Waals surface area contributed by atoms with E-state index in [0.29, 0.717) is 0 Å². The predicted octanol–water partition coefficient (Wildman–Crippen LogP) is 24.4. The highest BCUT2D eigenvalue weighted by molar-refractivity contribution is 6.00. The van der Waals surface area contributed by atoms with E-state index in [1.54, 1.807) is 0 Å². The standard InChI is InChI=1S/C91H62/c1-7-26-63(27-8-1)75-50-51-87-89(62-75)91(88-49-25-48-86(90(87)88)85-47-20-19-46-84(85)68-36-17-6-18-37-68,82-44-23-42-73(60-82)69-38-21-40-71(52-69)80-56-76(64-28-9-2-10-29-64)54-77(57-80)65-30-11-3-12-31-65)83-45-24-43-74(61-83)70-39-22-41-72(53-70)81-58-78(66-32-13-4-14-33-66)55-79(59-81)67-34-15-5-16-35-67/h1-62H. The molecule has 16 rings (SSSR count). The van der Waals surface area contributed by atoms with Crippen molar-refractivity contribution in [3.63, 3.8) is 0 Å². The van der Waals surface area contributed by atoms with E-state index in [2.05, 4.69) is 376 Å². The molecule has 0 amide bonds. The van der Waals surface area contributed by atoms with Crippen molar-refractivity contribution in [2.45, 2.75) is 5.41 Å². The molecule has 15 aromatic rings. The van der Waals surface area contributed by atoms with Gasteiger partial charge in [0.15, 0.2) is 0 Å². The second kappa shape index (κ2) is 23.8. The molecule has 0 fully saturated rings. The summed E-state index contributed by atoms with van der Waals surface area (Å²) in [6, 6.07) is 139. The molecule has 0 heteroatoms. The number of rotatable bonds is 13. The monoisotopic (exact) mass is 1150 g/mol. The number of hydrogen-bond donors (Lipinski definition) is 0. The van der Waals surface area contributed by atoms with E-state index in [1.807, 2.05) is 0 Å². The van der Waals surface area contributed by atoms with Gasteiger partial charge in [0.25, 0.3) is 0 Å². The minimum Gasteiger partial charge on any atom is -0.0622 e. The normalized spacial score (nSPS) is 12.0. The quantitative estimate of drug-likeness (QED) is 0.108. The van der Waals surface area contributed by atoms with Crippen molar-refractivity contribution < 1.29 is 0 Å². The number of fused-ring (bicyclic) bond motifs is 3. The summed E-state index contributed by atoms with van der Waals surface area (Å²) in [4.78, 5) is 0. The van der Waals surface area contributed by atoms with Gasteiger partial charge in [0.05, 0.1) is 5.41 Å². The van der Waals surface area contributed by atoms with Gasteiger partial charge < -0.3 is 0 Å². The second-order valence-electron chi connectivity index (χ2n) is 23.9. The first-order valence-electron chi connectivity index (χ1n) is 31.5. The molecule has 0 heterocycles. The van der Waals surface area contributed by atoms with E-state index < -0.39 is 5.41 Å². The zero-order chi connectivity index (χ0) is 60.5. The third-order valence-corrected chi connectivity index (χ3v) is 18.5. The summed E-state index contributed by atoms with van der Waals surface area (Å²) in [7, 11) is 0. The van der Waals surface area contributed by atoms with Crippen LogP contribution in [0.25, 0.3) is 134 Å². The molecule has 91 heavy (non-hydrogen) atoms. The topological polar surface area (TPSA) is 0 Å². The Bertz CT molecular complexity index is 4790. The Labute approximate surface area is 534 Å². The fourth-order valence-electron chi connectivity index (χ4n) is 14.2. The van der Waals surface area contributed by atoms with E-state index in [9.17, 15) is 0 Å². The molecule has 1 aliphatic rings. The summed E-state index contributed by atoms with van der Waals surface area (Å²) in [6.07, 6.45) is 0. The molecule has 1 aliphatic carbocycles. The Morgan fingerprint density at radius 1 is 0.132 bits per heavy atom. The molecule has 0 nitrogen and oxygen atoms in total. The van der Waals surface area contributed by atoms with Gasteiger partial charge in [0.2, 0.25) is 0 Å². The van der Waals surface area contributed by atoms with Gasteiger partial charge in [-0.1, -0.05) is 309 Å². The molecular weight excluding hydrogens is 1090 g/mol. The minimum absolute atomic E-state index is 0.794. The third kappa shape index (κ3) is 10.3. The zero-order valence-corrected chi connectivity index (χ0v) is 50.3. The molecule has 426 valence electrons. The average molecular weight is 1160 g/mol. The van der Waals surface area contributed by atoms with E-state index in [-0.39, 0.29) is 0 Å². The van der Waals surface area contributed by atoms with Crippen LogP contribution in [0.1, 0.15) is 22.3 Å². The molecule has 0 spiro atoms. The Kier molecular flexibility index (Phi) is 14.3. The number of benzene rings is 15. The van der Waals surface area contributed by atoms with E-state index in [0.717, 1.165) is 33.4 Å². The lowest BCUT2D eigenvalue weighted by atomic mass is 9.66. The molecule has 0 radical (unpaired) electrons. The van der Waals surface area contributed by atoms with Gasteiger partial charge in [0.1, 0.15) is 0 Å². The van der Waals surface area contributed by atoms with Crippen molar-refractivity contribution in [3.05, 3.63) is 398 Å². The second-order valence-corrected chi connectivity index (χ2v) is 23.9. The van der Waals surface area contributed by atoms with Crippen molar-refractivity contribution in [3.8, 4) is 134 Å². The highest BCUT2D eigenvalue weighted by Gasteiger charge is 2.47. The summed E-state index contributed by atoms with van der Waals surface area (Å²) < 4.78 is 0. The highest BCUT2D eigenvalue weighted by Crippen LogP contribution is 2.60. The van der Waals surface area contributed by atoms with Crippen LogP contribution in [0, 0.1) is 0 Å². The summed E-state index contributed by atoms with van der Waals surface area (Å²) in [5.74, 6) is 0. The molecule has 0 bridgehead atoms. The van der Waals surface area contributed by atoms with Gasteiger partial charge in [-0.15, -0.1) is 0 Å². The van der Waals surface area contributed by atoms with Crippen LogP contribution in [0.15, 0.2) is 376 Å². The van der Waals surface area contributed by atoms with Crippen LogP contribution in [-0.4, -0.2) is 0 Å². The fourth-order valence-corrected chi connectivity index (χ4v) is 14.2.